The average Bonchev–Trinajstić information content (AvgIpc) is 3.08. The summed E-state index contributed by atoms with van der Waals surface area (Å²) in [4.78, 5) is 23.1. The molecule has 0 spiro atoms. The number of carbonyl (C=O) groups is 2. The molecule has 0 radical (unpaired) electrons. The highest BCUT2D eigenvalue weighted by Crippen LogP contribution is 2.49. The van der Waals surface area contributed by atoms with Crippen LogP contribution in [-0.2, 0) is 35.0 Å². The van der Waals surface area contributed by atoms with Gasteiger partial charge in [0.25, 0.3) is 0 Å². The van der Waals surface area contributed by atoms with Gasteiger partial charge in [-0.1, -0.05) is 41.4 Å². The molecule has 0 bridgehead atoms. The van der Waals surface area contributed by atoms with Gasteiger partial charge in [-0.2, -0.15) is 10.1 Å². The smallest absolute Gasteiger partial charge is 0.303 e. The molecule has 33 heavy (non-hydrogen) atoms. The number of esters is 2. The van der Waals surface area contributed by atoms with Crippen LogP contribution in [0.25, 0.3) is 0 Å². The molecule has 0 aliphatic carbocycles. The van der Waals surface area contributed by atoms with Gasteiger partial charge in [-0.25, -0.2) is 0 Å². The third-order valence-corrected chi connectivity index (χ3v) is 6.89. The molecular weight excluding hydrogens is 475 g/mol. The number of ether oxygens (including phenoxy) is 4. The molecule has 6 atom stereocenters. The van der Waals surface area contributed by atoms with Gasteiger partial charge in [-0.15, -0.1) is 5.11 Å². The van der Waals surface area contributed by atoms with Crippen molar-refractivity contribution in [1.82, 2.24) is 10.1 Å². The van der Waals surface area contributed by atoms with E-state index in [0.717, 1.165) is 5.56 Å². The van der Waals surface area contributed by atoms with Crippen LogP contribution in [0, 0.1) is 5.41 Å². The number of halogens is 2. The lowest BCUT2D eigenvalue weighted by molar-refractivity contribution is -0.372. The van der Waals surface area contributed by atoms with Crippen LogP contribution in [-0.4, -0.2) is 73.0 Å². The normalized spacial score (nSPS) is 33.4. The molecule has 3 heterocycles. The second kappa shape index (κ2) is 9.34. The predicted molar refractivity (Wildman–Crippen MR) is 117 cm³/mol. The van der Waals surface area contributed by atoms with E-state index in [4.69, 9.17) is 42.1 Å². The zero-order valence-electron chi connectivity index (χ0n) is 18.7. The van der Waals surface area contributed by atoms with Gasteiger partial charge in [-0.3, -0.25) is 9.59 Å². The summed E-state index contributed by atoms with van der Waals surface area (Å²) in [5, 5.41) is 13.3. The van der Waals surface area contributed by atoms with E-state index in [2.05, 4.69) is 10.3 Å². The van der Waals surface area contributed by atoms with Crippen molar-refractivity contribution in [1.29, 1.82) is 0 Å². The van der Waals surface area contributed by atoms with Gasteiger partial charge in [-0.05, 0) is 17.7 Å². The Kier molecular flexibility index (Phi) is 6.84. The summed E-state index contributed by atoms with van der Waals surface area (Å²) in [5.74, 6) is -0.924. The van der Waals surface area contributed by atoms with Crippen molar-refractivity contribution in [2.24, 2.45) is 15.8 Å². The van der Waals surface area contributed by atoms with E-state index in [1.54, 1.807) is 11.2 Å². The van der Waals surface area contributed by atoms with Crippen LogP contribution in [0.5, 0.6) is 0 Å². The molecule has 1 aromatic carbocycles. The zero-order valence-corrected chi connectivity index (χ0v) is 20.2. The first-order valence-electron chi connectivity index (χ1n) is 10.5. The number of hydrogen-bond donors (Lipinski definition) is 0. The number of hydrogen-bond acceptors (Lipinski definition) is 10. The third-order valence-electron chi connectivity index (χ3n) is 6.15. The number of nitrogens with zero attached hydrogens (tertiary/aromatic N) is 4. The zero-order chi connectivity index (χ0) is 23.9. The van der Waals surface area contributed by atoms with Crippen LogP contribution in [0.1, 0.15) is 26.3 Å². The molecule has 0 N–H and O–H groups in total. The van der Waals surface area contributed by atoms with Crippen LogP contribution >= 0.6 is 23.2 Å². The first-order valence-corrected chi connectivity index (χ1v) is 11.3. The Bertz CT molecular complexity index is 965. The summed E-state index contributed by atoms with van der Waals surface area (Å²) in [5.41, 5.74) is 0.434. The van der Waals surface area contributed by atoms with Crippen molar-refractivity contribution in [3.8, 4) is 0 Å². The molecule has 4 rings (SSSR count). The van der Waals surface area contributed by atoms with Crippen molar-refractivity contribution >= 4 is 35.1 Å². The minimum absolute atomic E-state index is 0.0822. The molecule has 2 saturated heterocycles. The molecule has 2 fully saturated rings. The van der Waals surface area contributed by atoms with E-state index in [1.807, 2.05) is 31.1 Å². The minimum Gasteiger partial charge on any atom is -0.463 e. The monoisotopic (exact) mass is 500 g/mol. The van der Waals surface area contributed by atoms with E-state index in [9.17, 15) is 9.59 Å². The molecule has 0 aromatic heterocycles. The molecule has 3 aliphatic heterocycles. The number of rotatable bonds is 6. The average molecular weight is 501 g/mol. The highest BCUT2D eigenvalue weighted by atomic mass is 35.5. The molecule has 180 valence electrons. The lowest BCUT2D eigenvalue weighted by Crippen LogP contribution is -2.74. The van der Waals surface area contributed by atoms with Gasteiger partial charge >= 0.3 is 11.9 Å². The van der Waals surface area contributed by atoms with E-state index in [1.165, 1.54) is 13.8 Å². The van der Waals surface area contributed by atoms with Crippen molar-refractivity contribution < 1.29 is 28.5 Å². The number of hydrazine groups is 1. The van der Waals surface area contributed by atoms with Crippen LogP contribution < -0.4 is 0 Å². The summed E-state index contributed by atoms with van der Waals surface area (Å²) in [6, 6.07) is 5.45. The fourth-order valence-corrected chi connectivity index (χ4v) is 4.67. The van der Waals surface area contributed by atoms with Crippen molar-refractivity contribution in [3.05, 3.63) is 33.8 Å². The van der Waals surface area contributed by atoms with Crippen molar-refractivity contribution in [2.45, 2.75) is 57.9 Å². The highest BCUT2D eigenvalue weighted by molar-refractivity contribution is 6.42. The van der Waals surface area contributed by atoms with Crippen molar-refractivity contribution in [2.75, 3.05) is 20.3 Å². The molecule has 6 unspecified atom stereocenters. The Morgan fingerprint density at radius 1 is 1.24 bits per heavy atom. The molecule has 12 heteroatoms. The van der Waals surface area contributed by atoms with E-state index < -0.39 is 41.9 Å². The van der Waals surface area contributed by atoms with E-state index in [0.29, 0.717) is 23.1 Å². The second-order valence-electron chi connectivity index (χ2n) is 8.67. The fourth-order valence-electron chi connectivity index (χ4n) is 4.35. The standard InChI is InChI=1S/C21H26Cl2N4O6/c1-11(28)30-9-16-18(32-12(2)29)19-21(3,10-31-19)20(33-16)27-25-24-17(26(27)4)8-13-5-6-14(22)15(23)7-13/h5-7,16-20H,8-10H2,1-4H3. The van der Waals surface area contributed by atoms with E-state index in [-0.39, 0.29) is 12.8 Å². The summed E-state index contributed by atoms with van der Waals surface area (Å²) in [6.45, 7) is 4.92. The van der Waals surface area contributed by atoms with Gasteiger partial charge < -0.3 is 18.9 Å². The topological polar surface area (TPSA) is 102 Å². The lowest BCUT2D eigenvalue weighted by atomic mass is 9.72. The second-order valence-corrected chi connectivity index (χ2v) is 9.49. The number of carbonyl (C=O) groups excluding carboxylic acids is 2. The molecule has 3 aliphatic rings. The molecule has 0 amide bonds. The maximum Gasteiger partial charge on any atom is 0.303 e. The Balaban J connectivity index is 1.52. The maximum atomic E-state index is 11.7. The number of benzene rings is 1. The highest BCUT2D eigenvalue weighted by Gasteiger charge is 2.64. The fraction of sp³-hybridized carbons (Fsp3) is 0.619. The lowest BCUT2D eigenvalue weighted by Gasteiger charge is -2.59. The van der Waals surface area contributed by atoms with Gasteiger partial charge in [0.2, 0.25) is 0 Å². The van der Waals surface area contributed by atoms with Gasteiger partial charge in [0.15, 0.2) is 12.3 Å². The predicted octanol–water partition coefficient (Wildman–Crippen LogP) is 3.02. The third kappa shape index (κ3) is 4.67. The molecular formula is C21H26Cl2N4O6. The van der Waals surface area contributed by atoms with Crippen LogP contribution in [0.2, 0.25) is 10.0 Å². The van der Waals surface area contributed by atoms with Gasteiger partial charge in [0, 0.05) is 27.3 Å². The number of likely N-dealkylation sites (N-methyl/N-ethyl adjacent to an activating group) is 1. The Labute approximate surface area is 201 Å². The first kappa shape index (κ1) is 24.2. The SMILES string of the molecule is CC(=O)OCC1OC(N2N=NC(Cc3ccc(Cl)c(Cl)c3)N2C)C2(C)COC2C1OC(C)=O. The maximum absolute atomic E-state index is 11.7. The first-order chi connectivity index (χ1) is 15.6. The number of fused-ring (bicyclic) bond motifs is 1. The quantitative estimate of drug-likeness (QED) is 0.549. The summed E-state index contributed by atoms with van der Waals surface area (Å²) >= 11 is 12.2. The molecule has 1 aromatic rings. The van der Waals surface area contributed by atoms with Gasteiger partial charge in [0.05, 0.1) is 22.1 Å². The summed E-state index contributed by atoms with van der Waals surface area (Å²) < 4.78 is 22.8. The summed E-state index contributed by atoms with van der Waals surface area (Å²) in [7, 11) is 1.86. The van der Waals surface area contributed by atoms with Crippen LogP contribution in [0.4, 0.5) is 0 Å². The minimum atomic E-state index is -0.723. The molecule has 10 nitrogen and oxygen atoms in total. The van der Waals surface area contributed by atoms with Gasteiger partial charge in [0.1, 0.15) is 25.0 Å². The van der Waals surface area contributed by atoms with Crippen molar-refractivity contribution in [3.63, 3.8) is 0 Å². The Morgan fingerprint density at radius 3 is 2.61 bits per heavy atom. The van der Waals surface area contributed by atoms with E-state index >= 15 is 0 Å². The summed E-state index contributed by atoms with van der Waals surface area (Å²) in [6.07, 6.45) is -2.18. The molecule has 0 saturated carbocycles. The largest absolute Gasteiger partial charge is 0.463 e. The van der Waals surface area contributed by atoms with Crippen LogP contribution in [0.15, 0.2) is 28.5 Å². The van der Waals surface area contributed by atoms with Crippen LogP contribution in [0.3, 0.4) is 0 Å². The Hall–Kier alpha value is -1.98. The Morgan fingerprint density at radius 2 is 2.00 bits per heavy atom.